The van der Waals surface area contributed by atoms with Crippen molar-refractivity contribution in [3.8, 4) is 11.5 Å². The van der Waals surface area contributed by atoms with Crippen molar-refractivity contribution in [2.75, 3.05) is 27.1 Å². The molecule has 0 radical (unpaired) electrons. The highest BCUT2D eigenvalue weighted by Crippen LogP contribution is 2.22. The molecule has 1 aromatic carbocycles. The molecule has 1 aromatic rings. The SMILES string of the molecule is CB1CCOCC1.COc1ccc(OCOC=O)c(C)c1. The average molecular weight is 294 g/mol. The van der Waals surface area contributed by atoms with Crippen LogP contribution in [0.1, 0.15) is 5.56 Å². The molecular formula is C15H23BO5. The lowest BCUT2D eigenvalue weighted by Crippen LogP contribution is -2.19. The molecule has 21 heavy (non-hydrogen) atoms. The van der Waals surface area contributed by atoms with E-state index in [1.165, 1.54) is 12.6 Å². The molecule has 116 valence electrons. The Morgan fingerprint density at radius 1 is 1.33 bits per heavy atom. The van der Waals surface area contributed by atoms with E-state index in [2.05, 4.69) is 11.6 Å². The van der Waals surface area contributed by atoms with E-state index in [0.29, 0.717) is 12.2 Å². The van der Waals surface area contributed by atoms with E-state index in [9.17, 15) is 4.79 Å². The van der Waals surface area contributed by atoms with Crippen molar-refractivity contribution in [3.63, 3.8) is 0 Å². The van der Waals surface area contributed by atoms with Gasteiger partial charge in [0, 0.05) is 13.2 Å². The third-order valence-corrected chi connectivity index (χ3v) is 3.24. The Labute approximate surface area is 126 Å². The maximum Gasteiger partial charge on any atom is 0.295 e. The maximum absolute atomic E-state index is 9.86. The highest BCUT2D eigenvalue weighted by atomic mass is 16.7. The van der Waals surface area contributed by atoms with Gasteiger partial charge in [-0.05, 0) is 30.7 Å². The van der Waals surface area contributed by atoms with E-state index in [0.717, 1.165) is 31.2 Å². The zero-order chi connectivity index (χ0) is 15.5. The predicted octanol–water partition coefficient (Wildman–Crippen LogP) is 2.65. The Hall–Kier alpha value is -1.69. The van der Waals surface area contributed by atoms with E-state index in [4.69, 9.17) is 14.2 Å². The van der Waals surface area contributed by atoms with Gasteiger partial charge in [-0.1, -0.05) is 19.5 Å². The predicted molar refractivity (Wildman–Crippen MR) is 82.4 cm³/mol. The molecule has 0 bridgehead atoms. The minimum atomic E-state index is -0.0727. The van der Waals surface area contributed by atoms with Crippen LogP contribution in [0.25, 0.3) is 0 Å². The fourth-order valence-electron chi connectivity index (χ4n) is 1.85. The summed E-state index contributed by atoms with van der Waals surface area (Å²) in [6, 6.07) is 5.39. The molecule has 0 N–H and O–H groups in total. The van der Waals surface area contributed by atoms with Crippen molar-refractivity contribution >= 4 is 13.2 Å². The molecule has 2 rings (SSSR count). The third-order valence-electron chi connectivity index (χ3n) is 3.24. The fraction of sp³-hybridized carbons (Fsp3) is 0.533. The van der Waals surface area contributed by atoms with Gasteiger partial charge >= 0.3 is 0 Å². The second-order valence-corrected chi connectivity index (χ2v) is 4.95. The zero-order valence-corrected chi connectivity index (χ0v) is 13.0. The van der Waals surface area contributed by atoms with E-state index in [1.54, 1.807) is 19.2 Å². The van der Waals surface area contributed by atoms with Crippen LogP contribution in [0, 0.1) is 6.92 Å². The standard InChI is InChI=1S/C10H12O4.C5H11BO/c1-8-5-9(12-2)3-4-10(8)14-7-13-6-11;1-6-2-4-7-5-3-6/h3-6H,7H2,1-2H3;2-5H2,1H3. The van der Waals surface area contributed by atoms with E-state index >= 15 is 0 Å². The number of aryl methyl sites for hydroxylation is 1. The van der Waals surface area contributed by atoms with E-state index in [1.807, 2.05) is 13.0 Å². The number of ether oxygens (including phenoxy) is 4. The number of rotatable bonds is 5. The van der Waals surface area contributed by atoms with Gasteiger partial charge in [0.05, 0.1) is 7.11 Å². The Bertz CT molecular complexity index is 419. The quantitative estimate of drug-likeness (QED) is 0.362. The van der Waals surface area contributed by atoms with Gasteiger partial charge in [-0.3, -0.25) is 4.79 Å². The Balaban J connectivity index is 0.000000262. The summed E-state index contributed by atoms with van der Waals surface area (Å²) in [5, 5.41) is 0. The summed E-state index contributed by atoms with van der Waals surface area (Å²) in [6.45, 7) is 7.33. The summed E-state index contributed by atoms with van der Waals surface area (Å²) in [5.74, 6) is 1.44. The van der Waals surface area contributed by atoms with Gasteiger partial charge < -0.3 is 18.9 Å². The van der Waals surface area contributed by atoms with Gasteiger partial charge in [-0.15, -0.1) is 0 Å². The lowest BCUT2D eigenvalue weighted by Gasteiger charge is -2.13. The van der Waals surface area contributed by atoms with Gasteiger partial charge in [-0.2, -0.15) is 0 Å². The summed E-state index contributed by atoms with van der Waals surface area (Å²) < 4.78 is 19.8. The van der Waals surface area contributed by atoms with Crippen LogP contribution < -0.4 is 9.47 Å². The number of hydrogen-bond donors (Lipinski definition) is 0. The summed E-state index contributed by atoms with van der Waals surface area (Å²) in [7, 11) is 1.60. The molecule has 1 fully saturated rings. The molecule has 0 saturated carbocycles. The second kappa shape index (κ2) is 10.1. The fourth-order valence-corrected chi connectivity index (χ4v) is 1.85. The van der Waals surface area contributed by atoms with Gasteiger partial charge in [0.2, 0.25) is 6.79 Å². The van der Waals surface area contributed by atoms with Crippen molar-refractivity contribution in [2.45, 2.75) is 26.4 Å². The van der Waals surface area contributed by atoms with Crippen LogP contribution in [0.3, 0.4) is 0 Å². The molecular weight excluding hydrogens is 271 g/mol. The first-order valence-electron chi connectivity index (χ1n) is 7.07. The summed E-state index contributed by atoms with van der Waals surface area (Å²) >= 11 is 0. The summed E-state index contributed by atoms with van der Waals surface area (Å²) in [5.41, 5.74) is 0.929. The molecule has 0 unspecified atom stereocenters. The van der Waals surface area contributed by atoms with Crippen molar-refractivity contribution in [3.05, 3.63) is 23.8 Å². The van der Waals surface area contributed by atoms with E-state index in [-0.39, 0.29) is 6.79 Å². The minimum Gasteiger partial charge on any atom is -0.497 e. The van der Waals surface area contributed by atoms with Crippen LogP contribution in [-0.2, 0) is 14.3 Å². The first kappa shape index (κ1) is 17.4. The van der Waals surface area contributed by atoms with Gasteiger partial charge in [-0.25, -0.2) is 0 Å². The molecule has 0 aliphatic carbocycles. The average Bonchev–Trinajstić information content (AvgIpc) is 2.50. The summed E-state index contributed by atoms with van der Waals surface area (Å²) in [6.07, 6.45) is 2.53. The zero-order valence-electron chi connectivity index (χ0n) is 13.0. The first-order chi connectivity index (χ1) is 10.2. The van der Waals surface area contributed by atoms with Crippen molar-refractivity contribution in [2.24, 2.45) is 0 Å². The number of benzene rings is 1. The Morgan fingerprint density at radius 3 is 2.52 bits per heavy atom. The van der Waals surface area contributed by atoms with Crippen LogP contribution in [0.4, 0.5) is 0 Å². The molecule has 6 heteroatoms. The molecule has 1 aliphatic rings. The third kappa shape index (κ3) is 7.04. The van der Waals surface area contributed by atoms with Crippen LogP contribution in [0.2, 0.25) is 19.5 Å². The molecule has 0 amide bonds. The Morgan fingerprint density at radius 2 is 2.05 bits per heavy atom. The van der Waals surface area contributed by atoms with Gasteiger partial charge in [0.25, 0.3) is 6.47 Å². The van der Waals surface area contributed by atoms with Crippen molar-refractivity contribution < 1.29 is 23.7 Å². The molecule has 0 atom stereocenters. The molecule has 1 aliphatic heterocycles. The monoisotopic (exact) mass is 294 g/mol. The number of carbonyl (C=O) groups is 1. The number of hydrogen-bond acceptors (Lipinski definition) is 5. The molecule has 0 spiro atoms. The van der Waals surface area contributed by atoms with Crippen LogP contribution in [0.15, 0.2) is 18.2 Å². The van der Waals surface area contributed by atoms with Gasteiger partial charge in [0.15, 0.2) is 0 Å². The van der Waals surface area contributed by atoms with Crippen LogP contribution in [-0.4, -0.2) is 40.3 Å². The number of methoxy groups -OCH3 is 1. The molecule has 1 heterocycles. The minimum absolute atomic E-state index is 0.0727. The van der Waals surface area contributed by atoms with Crippen LogP contribution in [0.5, 0.6) is 11.5 Å². The normalized spacial score (nSPS) is 13.8. The Kier molecular flexibility index (Phi) is 8.35. The first-order valence-corrected chi connectivity index (χ1v) is 7.07. The largest absolute Gasteiger partial charge is 0.497 e. The lowest BCUT2D eigenvalue weighted by molar-refractivity contribution is -0.134. The van der Waals surface area contributed by atoms with Crippen molar-refractivity contribution in [1.29, 1.82) is 0 Å². The number of carbonyl (C=O) groups excluding carboxylic acids is 1. The van der Waals surface area contributed by atoms with Crippen molar-refractivity contribution in [1.82, 2.24) is 0 Å². The molecule has 0 aromatic heterocycles. The van der Waals surface area contributed by atoms with E-state index < -0.39 is 0 Å². The lowest BCUT2D eigenvalue weighted by atomic mass is 9.47. The highest BCUT2D eigenvalue weighted by molar-refractivity contribution is 6.57. The second-order valence-electron chi connectivity index (χ2n) is 4.95. The highest BCUT2D eigenvalue weighted by Gasteiger charge is 2.10. The smallest absolute Gasteiger partial charge is 0.295 e. The maximum atomic E-state index is 9.86. The molecule has 1 saturated heterocycles. The van der Waals surface area contributed by atoms with Gasteiger partial charge in [0.1, 0.15) is 18.2 Å². The van der Waals surface area contributed by atoms with Crippen LogP contribution >= 0.6 is 0 Å². The summed E-state index contributed by atoms with van der Waals surface area (Å²) in [4.78, 5) is 9.86. The molecule has 5 nitrogen and oxygen atoms in total. The topological polar surface area (TPSA) is 54.0 Å².